The van der Waals surface area contributed by atoms with Crippen LogP contribution in [0.25, 0.3) is 17.0 Å². The van der Waals surface area contributed by atoms with E-state index in [2.05, 4.69) is 15.5 Å². The zero-order valence-corrected chi connectivity index (χ0v) is 21.1. The highest BCUT2D eigenvalue weighted by atomic mass is 16.7. The second-order valence-corrected chi connectivity index (χ2v) is 9.58. The van der Waals surface area contributed by atoms with Gasteiger partial charge in [0.2, 0.25) is 0 Å². The topological polar surface area (TPSA) is 112 Å². The van der Waals surface area contributed by atoms with Crippen LogP contribution >= 0.6 is 0 Å². The first-order valence-corrected chi connectivity index (χ1v) is 11.7. The number of benzene rings is 2. The molecule has 1 saturated heterocycles. The Labute approximate surface area is 210 Å². The largest absolute Gasteiger partial charge is 0.492 e. The number of hydrogen-bond acceptors (Lipinski definition) is 7. The van der Waals surface area contributed by atoms with Crippen LogP contribution in [-0.4, -0.2) is 54.2 Å². The lowest BCUT2D eigenvalue weighted by atomic mass is 9.77. The second-order valence-electron chi connectivity index (χ2n) is 9.58. The number of amides is 1. The first kappa shape index (κ1) is 25.5. The Balaban J connectivity index is 1.56. The van der Waals surface area contributed by atoms with Gasteiger partial charge in [0.1, 0.15) is 6.61 Å². The summed E-state index contributed by atoms with van der Waals surface area (Å²) in [7, 11) is 0.636. The van der Waals surface area contributed by atoms with Crippen LogP contribution in [0.2, 0.25) is 0 Å². The SMILES string of the molecule is COC(=O)c1ccc2c(C=C(CNC(=O)OCc3ccccc3)B3OC(C)(C)C(C)(C)O3)[nH]nc2c1. The molecule has 2 aromatic carbocycles. The molecule has 10 heteroatoms. The number of H-pyrrole nitrogens is 1. The third-order valence-corrected chi connectivity index (χ3v) is 6.54. The second kappa shape index (κ2) is 10.2. The summed E-state index contributed by atoms with van der Waals surface area (Å²) in [4.78, 5) is 24.3. The lowest BCUT2D eigenvalue weighted by Gasteiger charge is -2.32. The van der Waals surface area contributed by atoms with Crippen molar-refractivity contribution in [2.24, 2.45) is 0 Å². The Kier molecular flexibility index (Phi) is 7.19. The molecule has 0 radical (unpaired) electrons. The molecule has 1 fully saturated rings. The Morgan fingerprint density at radius 3 is 2.44 bits per heavy atom. The number of esters is 1. The van der Waals surface area contributed by atoms with Crippen molar-refractivity contribution in [1.29, 1.82) is 0 Å². The summed E-state index contributed by atoms with van der Waals surface area (Å²) in [6.07, 6.45) is 1.28. The van der Waals surface area contributed by atoms with Gasteiger partial charge in [-0.05, 0) is 63.0 Å². The van der Waals surface area contributed by atoms with Gasteiger partial charge in [0.25, 0.3) is 0 Å². The zero-order valence-electron chi connectivity index (χ0n) is 21.1. The normalized spacial score (nSPS) is 16.7. The molecule has 188 valence electrons. The van der Waals surface area contributed by atoms with E-state index in [1.54, 1.807) is 18.2 Å². The van der Waals surface area contributed by atoms with Crippen molar-refractivity contribution in [3.8, 4) is 0 Å². The predicted molar refractivity (Wildman–Crippen MR) is 136 cm³/mol. The number of fused-ring (bicyclic) bond motifs is 1. The lowest BCUT2D eigenvalue weighted by Crippen LogP contribution is -2.41. The van der Waals surface area contributed by atoms with E-state index in [1.807, 2.05) is 64.1 Å². The molecule has 2 heterocycles. The summed E-state index contributed by atoms with van der Waals surface area (Å²) in [6, 6.07) is 14.6. The van der Waals surface area contributed by atoms with E-state index in [4.69, 9.17) is 18.8 Å². The summed E-state index contributed by atoms with van der Waals surface area (Å²) in [5, 5.41) is 10.9. The van der Waals surface area contributed by atoms with Crippen molar-refractivity contribution in [1.82, 2.24) is 15.5 Å². The molecule has 0 spiro atoms. The van der Waals surface area contributed by atoms with Gasteiger partial charge in [-0.15, -0.1) is 0 Å². The fourth-order valence-electron chi connectivity index (χ4n) is 3.72. The number of ether oxygens (including phenoxy) is 2. The van der Waals surface area contributed by atoms with Crippen LogP contribution in [0.5, 0.6) is 0 Å². The van der Waals surface area contributed by atoms with Crippen LogP contribution in [-0.2, 0) is 25.4 Å². The average Bonchev–Trinajstić information content (AvgIpc) is 3.35. The number of carbonyl (C=O) groups is 2. The number of nitrogens with zero attached hydrogens (tertiary/aromatic N) is 1. The molecule has 0 bridgehead atoms. The molecule has 1 aromatic heterocycles. The number of rotatable bonds is 7. The van der Waals surface area contributed by atoms with E-state index in [9.17, 15) is 9.59 Å². The van der Waals surface area contributed by atoms with Gasteiger partial charge in [-0.2, -0.15) is 5.10 Å². The van der Waals surface area contributed by atoms with Gasteiger partial charge in [-0.25, -0.2) is 9.59 Å². The van der Waals surface area contributed by atoms with Crippen LogP contribution in [0.15, 0.2) is 54.0 Å². The first-order chi connectivity index (χ1) is 17.1. The number of aromatic amines is 1. The van der Waals surface area contributed by atoms with E-state index in [0.29, 0.717) is 22.2 Å². The van der Waals surface area contributed by atoms with E-state index >= 15 is 0 Å². The summed E-state index contributed by atoms with van der Waals surface area (Å²) in [6.45, 7) is 8.15. The fraction of sp³-hybridized carbons (Fsp3) is 0.346. The molecular weight excluding hydrogens is 461 g/mol. The fourth-order valence-corrected chi connectivity index (χ4v) is 3.72. The first-order valence-electron chi connectivity index (χ1n) is 11.7. The summed E-state index contributed by atoms with van der Waals surface area (Å²) >= 11 is 0. The summed E-state index contributed by atoms with van der Waals surface area (Å²) in [5.74, 6) is -0.437. The van der Waals surface area contributed by atoms with Crippen LogP contribution in [0.4, 0.5) is 4.79 Å². The van der Waals surface area contributed by atoms with Crippen molar-refractivity contribution in [2.75, 3.05) is 13.7 Å². The predicted octanol–water partition coefficient (Wildman–Crippen LogP) is 4.29. The number of hydrogen-bond donors (Lipinski definition) is 2. The Morgan fingerprint density at radius 2 is 1.78 bits per heavy atom. The van der Waals surface area contributed by atoms with Crippen molar-refractivity contribution >= 4 is 36.2 Å². The maximum absolute atomic E-state index is 12.4. The average molecular weight is 491 g/mol. The highest BCUT2D eigenvalue weighted by Crippen LogP contribution is 2.39. The van der Waals surface area contributed by atoms with E-state index in [0.717, 1.165) is 10.9 Å². The number of nitrogens with one attached hydrogen (secondary N) is 2. The van der Waals surface area contributed by atoms with Gasteiger partial charge in [-0.3, -0.25) is 5.10 Å². The van der Waals surface area contributed by atoms with Crippen molar-refractivity contribution in [3.05, 3.63) is 70.8 Å². The van der Waals surface area contributed by atoms with Crippen molar-refractivity contribution < 1.29 is 28.4 Å². The molecule has 36 heavy (non-hydrogen) atoms. The molecule has 4 rings (SSSR count). The minimum absolute atomic E-state index is 0.130. The quantitative estimate of drug-likeness (QED) is 0.375. The molecule has 1 amide bonds. The minimum Gasteiger partial charge on any atom is -0.465 e. The number of methoxy groups -OCH3 is 1. The number of aromatic nitrogens is 2. The van der Waals surface area contributed by atoms with Gasteiger partial charge in [-0.1, -0.05) is 30.3 Å². The van der Waals surface area contributed by atoms with Crippen molar-refractivity contribution in [3.63, 3.8) is 0 Å². The van der Waals surface area contributed by atoms with E-state index in [1.165, 1.54) is 7.11 Å². The smallest absolute Gasteiger partial charge is 0.465 e. The molecule has 2 N–H and O–H groups in total. The van der Waals surface area contributed by atoms with Crippen LogP contribution < -0.4 is 5.32 Å². The number of carbonyl (C=O) groups excluding carboxylic acids is 2. The Bertz CT molecular complexity index is 1270. The maximum atomic E-state index is 12.4. The molecule has 0 saturated carbocycles. The van der Waals surface area contributed by atoms with Gasteiger partial charge in [0, 0.05) is 11.9 Å². The van der Waals surface area contributed by atoms with Gasteiger partial charge in [0.15, 0.2) is 0 Å². The Hall–Kier alpha value is -3.63. The van der Waals surface area contributed by atoms with Crippen LogP contribution in [0, 0.1) is 0 Å². The van der Waals surface area contributed by atoms with E-state index in [-0.39, 0.29) is 13.2 Å². The van der Waals surface area contributed by atoms with Crippen LogP contribution in [0.1, 0.15) is 49.3 Å². The Morgan fingerprint density at radius 1 is 1.08 bits per heavy atom. The highest BCUT2D eigenvalue weighted by molar-refractivity contribution is 6.56. The highest BCUT2D eigenvalue weighted by Gasteiger charge is 2.52. The molecule has 1 aliphatic rings. The molecule has 0 atom stereocenters. The van der Waals surface area contributed by atoms with Gasteiger partial charge < -0.3 is 24.1 Å². The standard InChI is InChI=1S/C26H30BN3O6/c1-25(2)26(3,4)36-27(35-25)19(15-28-24(32)34-16-17-9-7-6-8-10-17)14-22-20-12-11-18(23(31)33-5)13-21(20)29-30-22/h6-14H,15-16H2,1-5H3,(H,28,32)(H,29,30). The molecule has 0 unspecified atom stereocenters. The molecule has 1 aliphatic heterocycles. The zero-order chi connectivity index (χ0) is 25.9. The molecule has 0 aliphatic carbocycles. The lowest BCUT2D eigenvalue weighted by molar-refractivity contribution is 0.00578. The molecule has 9 nitrogen and oxygen atoms in total. The summed E-state index contributed by atoms with van der Waals surface area (Å²) < 4.78 is 22.6. The van der Waals surface area contributed by atoms with E-state index < -0.39 is 30.4 Å². The van der Waals surface area contributed by atoms with Gasteiger partial charge >= 0.3 is 19.2 Å². The molecular formula is C26H30BN3O6. The van der Waals surface area contributed by atoms with Gasteiger partial charge in [0.05, 0.1) is 35.1 Å². The van der Waals surface area contributed by atoms with Crippen LogP contribution in [0.3, 0.4) is 0 Å². The maximum Gasteiger partial charge on any atom is 0.492 e. The monoisotopic (exact) mass is 491 g/mol. The third kappa shape index (κ3) is 5.45. The third-order valence-electron chi connectivity index (χ3n) is 6.54. The van der Waals surface area contributed by atoms with Crippen molar-refractivity contribution in [2.45, 2.75) is 45.5 Å². The number of alkyl carbamates (subject to hydrolysis) is 1. The molecule has 3 aromatic rings. The minimum atomic E-state index is -0.697. The summed E-state index contributed by atoms with van der Waals surface area (Å²) in [5.41, 5.74) is 2.14.